The van der Waals surface area contributed by atoms with E-state index in [2.05, 4.69) is 41.0 Å². The van der Waals surface area contributed by atoms with Crippen molar-refractivity contribution in [2.75, 3.05) is 13.7 Å². The molecule has 2 rings (SSSR count). The second-order valence-electron chi connectivity index (χ2n) is 5.27. The number of aromatic nitrogens is 2. The minimum atomic E-state index is 0.278. The van der Waals surface area contributed by atoms with Crippen molar-refractivity contribution in [1.82, 2.24) is 15.0 Å². The van der Waals surface area contributed by atoms with Crippen LogP contribution in [0.4, 0.5) is 0 Å². The maximum Gasteiger partial charge on any atom is 0.240 e. The van der Waals surface area contributed by atoms with E-state index < -0.39 is 0 Å². The van der Waals surface area contributed by atoms with E-state index >= 15 is 0 Å². The number of hydrogen-bond donors (Lipinski definition) is 1. The van der Waals surface area contributed by atoms with Crippen LogP contribution >= 0.6 is 0 Å². The molecule has 0 saturated heterocycles. The van der Waals surface area contributed by atoms with Crippen LogP contribution in [-0.4, -0.2) is 34.7 Å². The van der Waals surface area contributed by atoms with E-state index in [1.54, 1.807) is 7.11 Å². The highest BCUT2D eigenvalue weighted by molar-refractivity contribution is 5.27. The maximum absolute atomic E-state index is 5.49. The van der Waals surface area contributed by atoms with E-state index in [0.717, 1.165) is 18.7 Å². The van der Waals surface area contributed by atoms with Gasteiger partial charge in [-0.15, -0.1) is 0 Å². The quantitative estimate of drug-likeness (QED) is 0.803. The smallest absolute Gasteiger partial charge is 0.240 e. The van der Waals surface area contributed by atoms with Gasteiger partial charge in [0.15, 0.2) is 5.82 Å². The first kappa shape index (κ1) is 16.5. The topological polar surface area (TPSA) is 77.4 Å². The molecule has 2 N–H and O–H groups in total. The van der Waals surface area contributed by atoms with Crippen molar-refractivity contribution in [3.05, 3.63) is 41.5 Å². The molecule has 1 atom stereocenters. The second kappa shape index (κ2) is 7.91. The predicted octanol–water partition coefficient (Wildman–Crippen LogP) is 1.99. The molecule has 2 aromatic rings. The molecule has 1 aromatic carbocycles. The molecule has 0 spiro atoms. The van der Waals surface area contributed by atoms with Crippen molar-refractivity contribution in [2.45, 2.75) is 39.4 Å². The Morgan fingerprint density at radius 1 is 1.32 bits per heavy atom. The lowest BCUT2D eigenvalue weighted by molar-refractivity contribution is 0.201. The number of hydrogen-bond acceptors (Lipinski definition) is 6. The second-order valence-corrected chi connectivity index (χ2v) is 5.27. The maximum atomic E-state index is 5.49. The summed E-state index contributed by atoms with van der Waals surface area (Å²) in [5.74, 6) is 2.04. The molecule has 0 aliphatic rings. The molecule has 1 heterocycles. The summed E-state index contributed by atoms with van der Waals surface area (Å²) in [5, 5.41) is 3.96. The molecule has 0 aliphatic heterocycles. The summed E-state index contributed by atoms with van der Waals surface area (Å²) < 4.78 is 10.2. The van der Waals surface area contributed by atoms with Crippen LogP contribution < -0.4 is 10.5 Å². The van der Waals surface area contributed by atoms with Crippen LogP contribution in [0.2, 0.25) is 0 Å². The van der Waals surface area contributed by atoms with Gasteiger partial charge in [-0.3, -0.25) is 4.90 Å². The SMILES string of the molecule is CCN(Cc1noc(CN)n1)C(C)Cc1ccc(OC)cc1. The summed E-state index contributed by atoms with van der Waals surface area (Å²) in [4.78, 5) is 6.58. The number of benzene rings is 1. The van der Waals surface area contributed by atoms with Gasteiger partial charge < -0.3 is 15.0 Å². The number of nitrogens with zero attached hydrogens (tertiary/aromatic N) is 3. The minimum Gasteiger partial charge on any atom is -0.497 e. The Balaban J connectivity index is 1.96. The van der Waals surface area contributed by atoms with Crippen molar-refractivity contribution >= 4 is 0 Å². The first-order valence-corrected chi connectivity index (χ1v) is 7.54. The lowest BCUT2D eigenvalue weighted by atomic mass is 10.1. The van der Waals surface area contributed by atoms with Crippen molar-refractivity contribution in [3.8, 4) is 5.75 Å². The molecule has 1 unspecified atom stereocenters. The average Bonchev–Trinajstić information content (AvgIpc) is 3.01. The van der Waals surface area contributed by atoms with Crippen LogP contribution in [0.5, 0.6) is 5.75 Å². The molecule has 120 valence electrons. The minimum absolute atomic E-state index is 0.278. The third-order valence-corrected chi connectivity index (χ3v) is 3.75. The molecule has 22 heavy (non-hydrogen) atoms. The fraction of sp³-hybridized carbons (Fsp3) is 0.500. The molecule has 6 nitrogen and oxygen atoms in total. The largest absolute Gasteiger partial charge is 0.497 e. The number of ether oxygens (including phenoxy) is 1. The lowest BCUT2D eigenvalue weighted by Gasteiger charge is -2.26. The third-order valence-electron chi connectivity index (χ3n) is 3.75. The van der Waals surface area contributed by atoms with Gasteiger partial charge in [0.1, 0.15) is 5.75 Å². The molecule has 1 aromatic heterocycles. The number of likely N-dealkylation sites (N-methyl/N-ethyl adjacent to an activating group) is 1. The van der Waals surface area contributed by atoms with Crippen molar-refractivity contribution in [3.63, 3.8) is 0 Å². The highest BCUT2D eigenvalue weighted by Gasteiger charge is 2.16. The molecule has 6 heteroatoms. The summed E-state index contributed by atoms with van der Waals surface area (Å²) >= 11 is 0. The highest BCUT2D eigenvalue weighted by atomic mass is 16.5. The molecule has 0 aliphatic carbocycles. The van der Waals surface area contributed by atoms with Crippen LogP contribution in [0.3, 0.4) is 0 Å². The van der Waals surface area contributed by atoms with Gasteiger partial charge in [0.2, 0.25) is 5.89 Å². The van der Waals surface area contributed by atoms with Crippen molar-refractivity contribution in [1.29, 1.82) is 0 Å². The Kier molecular flexibility index (Phi) is 5.91. The number of methoxy groups -OCH3 is 1. The summed E-state index contributed by atoms with van der Waals surface area (Å²) in [6, 6.07) is 8.56. The Labute approximate surface area is 131 Å². The number of rotatable bonds is 8. The van der Waals surface area contributed by atoms with E-state index in [-0.39, 0.29) is 6.54 Å². The zero-order valence-corrected chi connectivity index (χ0v) is 13.5. The van der Waals surface area contributed by atoms with Gasteiger partial charge in [-0.25, -0.2) is 0 Å². The van der Waals surface area contributed by atoms with E-state index in [1.165, 1.54) is 5.56 Å². The van der Waals surface area contributed by atoms with Crippen molar-refractivity contribution < 1.29 is 9.26 Å². The summed E-state index contributed by atoms with van der Waals surface area (Å²) in [6.07, 6.45) is 0.958. The van der Waals surface area contributed by atoms with Gasteiger partial charge in [0, 0.05) is 6.04 Å². The fourth-order valence-corrected chi connectivity index (χ4v) is 2.43. The first-order chi connectivity index (χ1) is 10.7. The molecule has 0 bridgehead atoms. The molecular formula is C16H24N4O2. The number of nitrogens with two attached hydrogens (primary N) is 1. The normalized spacial score (nSPS) is 12.6. The van der Waals surface area contributed by atoms with Crippen molar-refractivity contribution in [2.24, 2.45) is 5.73 Å². The van der Waals surface area contributed by atoms with E-state index in [4.69, 9.17) is 15.0 Å². The standard InChI is InChI=1S/C16H24N4O2/c1-4-20(11-15-18-16(10-17)22-19-15)12(2)9-13-5-7-14(21-3)8-6-13/h5-8,12H,4,9-11,17H2,1-3H3. The van der Waals surface area contributed by atoms with Crippen LogP contribution in [0, 0.1) is 0 Å². The Morgan fingerprint density at radius 3 is 2.59 bits per heavy atom. The van der Waals surface area contributed by atoms with Gasteiger partial charge in [-0.2, -0.15) is 4.98 Å². The first-order valence-electron chi connectivity index (χ1n) is 7.54. The monoisotopic (exact) mass is 304 g/mol. The van der Waals surface area contributed by atoms with E-state index in [0.29, 0.717) is 24.3 Å². The van der Waals surface area contributed by atoms with Crippen LogP contribution in [0.25, 0.3) is 0 Å². The lowest BCUT2D eigenvalue weighted by Crippen LogP contribution is -2.34. The van der Waals surface area contributed by atoms with E-state index in [9.17, 15) is 0 Å². The molecule has 0 amide bonds. The zero-order chi connectivity index (χ0) is 15.9. The van der Waals surface area contributed by atoms with Gasteiger partial charge in [0.05, 0.1) is 20.2 Å². The summed E-state index contributed by atoms with van der Waals surface area (Å²) in [7, 11) is 1.68. The van der Waals surface area contributed by atoms with Gasteiger partial charge >= 0.3 is 0 Å². The summed E-state index contributed by atoms with van der Waals surface area (Å²) in [6.45, 7) is 6.20. The Bertz CT molecular complexity index is 568. The third kappa shape index (κ3) is 4.29. The molecule has 0 saturated carbocycles. The van der Waals surface area contributed by atoms with Crippen LogP contribution in [0.15, 0.2) is 28.8 Å². The predicted molar refractivity (Wildman–Crippen MR) is 84.4 cm³/mol. The fourth-order valence-electron chi connectivity index (χ4n) is 2.43. The Hall–Kier alpha value is -1.92. The molecule has 0 radical (unpaired) electrons. The van der Waals surface area contributed by atoms with Gasteiger partial charge in [0.25, 0.3) is 0 Å². The van der Waals surface area contributed by atoms with Gasteiger partial charge in [-0.05, 0) is 37.6 Å². The van der Waals surface area contributed by atoms with Gasteiger partial charge in [-0.1, -0.05) is 24.2 Å². The Morgan fingerprint density at radius 2 is 2.05 bits per heavy atom. The van der Waals surface area contributed by atoms with E-state index in [1.807, 2.05) is 12.1 Å². The van der Waals surface area contributed by atoms with Crippen LogP contribution in [0.1, 0.15) is 31.1 Å². The summed E-state index contributed by atoms with van der Waals surface area (Å²) in [5.41, 5.74) is 6.77. The highest BCUT2D eigenvalue weighted by Crippen LogP contribution is 2.15. The molecule has 0 fully saturated rings. The zero-order valence-electron chi connectivity index (χ0n) is 13.5. The molecular weight excluding hydrogens is 280 g/mol. The van der Waals surface area contributed by atoms with Crippen LogP contribution in [-0.2, 0) is 19.5 Å². The average molecular weight is 304 g/mol.